The van der Waals surface area contributed by atoms with Gasteiger partial charge >= 0.3 is 0 Å². The Labute approximate surface area is 137 Å². The molecule has 5 nitrogen and oxygen atoms in total. The van der Waals surface area contributed by atoms with Crippen molar-refractivity contribution in [1.82, 2.24) is 4.90 Å². The summed E-state index contributed by atoms with van der Waals surface area (Å²) in [6, 6.07) is 3.33. The molecule has 0 radical (unpaired) electrons. The number of ether oxygens (including phenoxy) is 2. The summed E-state index contributed by atoms with van der Waals surface area (Å²) in [4.78, 5) is 25.4. The summed E-state index contributed by atoms with van der Waals surface area (Å²) in [5, 5.41) is 0.0427. The molecule has 1 aliphatic heterocycles. The van der Waals surface area contributed by atoms with Crippen LogP contribution in [0.15, 0.2) is 29.7 Å². The van der Waals surface area contributed by atoms with Crippen LogP contribution in [-0.2, 0) is 4.79 Å². The van der Waals surface area contributed by atoms with Gasteiger partial charge in [-0.05, 0) is 35.5 Å². The normalized spacial score (nSPS) is 16.3. The van der Waals surface area contributed by atoms with Crippen molar-refractivity contribution in [3.05, 3.63) is 40.3 Å². The third-order valence-corrected chi connectivity index (χ3v) is 4.13. The highest BCUT2D eigenvalue weighted by Crippen LogP contribution is 2.38. The molecular formula is C15H14ClNO4S. The van der Waals surface area contributed by atoms with E-state index in [-0.39, 0.29) is 17.7 Å². The molecule has 116 valence electrons. The van der Waals surface area contributed by atoms with Crippen LogP contribution in [0.25, 0.3) is 6.08 Å². The molecule has 1 fully saturated rings. The third-order valence-electron chi connectivity index (χ3n) is 2.94. The molecule has 22 heavy (non-hydrogen) atoms. The van der Waals surface area contributed by atoms with Crippen molar-refractivity contribution in [2.45, 2.75) is 0 Å². The first kappa shape index (κ1) is 16.5. The van der Waals surface area contributed by atoms with E-state index in [9.17, 15) is 9.59 Å². The first-order chi connectivity index (χ1) is 10.5. The van der Waals surface area contributed by atoms with Crippen LogP contribution in [0, 0.1) is 0 Å². The smallest absolute Gasteiger partial charge is 0.293 e. The van der Waals surface area contributed by atoms with Crippen LogP contribution in [0.5, 0.6) is 11.5 Å². The van der Waals surface area contributed by atoms with Gasteiger partial charge in [-0.1, -0.05) is 17.7 Å². The van der Waals surface area contributed by atoms with E-state index in [1.165, 1.54) is 20.3 Å². The molecule has 0 saturated carbocycles. The highest BCUT2D eigenvalue weighted by atomic mass is 35.5. The molecule has 1 aromatic rings. The summed E-state index contributed by atoms with van der Waals surface area (Å²) >= 11 is 7.01. The predicted molar refractivity (Wildman–Crippen MR) is 87.4 cm³/mol. The first-order valence-electron chi connectivity index (χ1n) is 6.29. The second kappa shape index (κ2) is 6.89. The third kappa shape index (κ3) is 3.13. The average molecular weight is 340 g/mol. The Kier molecular flexibility index (Phi) is 5.15. The minimum atomic E-state index is -0.346. The summed E-state index contributed by atoms with van der Waals surface area (Å²) in [5.41, 5.74) is 0.645. The fraction of sp³-hybridized carbons (Fsp3) is 0.200. The lowest BCUT2D eigenvalue weighted by Crippen LogP contribution is -2.27. The minimum Gasteiger partial charge on any atom is -0.493 e. The van der Waals surface area contributed by atoms with Crippen LogP contribution < -0.4 is 9.47 Å². The van der Waals surface area contributed by atoms with Crippen molar-refractivity contribution in [1.29, 1.82) is 0 Å². The first-order valence-corrected chi connectivity index (χ1v) is 7.49. The zero-order valence-electron chi connectivity index (χ0n) is 12.1. The van der Waals surface area contributed by atoms with E-state index >= 15 is 0 Å². The number of methoxy groups -OCH3 is 2. The van der Waals surface area contributed by atoms with Gasteiger partial charge in [0.25, 0.3) is 11.1 Å². The maximum Gasteiger partial charge on any atom is 0.293 e. The van der Waals surface area contributed by atoms with E-state index in [0.29, 0.717) is 27.0 Å². The molecule has 1 aliphatic rings. The van der Waals surface area contributed by atoms with Crippen LogP contribution in [0.3, 0.4) is 0 Å². The topological polar surface area (TPSA) is 55.8 Å². The van der Waals surface area contributed by atoms with Gasteiger partial charge in [0, 0.05) is 6.54 Å². The van der Waals surface area contributed by atoms with Gasteiger partial charge in [-0.25, -0.2) is 0 Å². The molecule has 0 N–H and O–H groups in total. The lowest BCUT2D eigenvalue weighted by atomic mass is 10.2. The van der Waals surface area contributed by atoms with E-state index in [2.05, 4.69) is 6.58 Å². The number of benzene rings is 1. The Hall–Kier alpha value is -1.92. The average Bonchev–Trinajstić information content (AvgIpc) is 2.74. The quantitative estimate of drug-likeness (QED) is 0.606. The van der Waals surface area contributed by atoms with Gasteiger partial charge in [-0.3, -0.25) is 14.5 Å². The number of carbonyl (C=O) groups is 2. The second-order valence-corrected chi connectivity index (χ2v) is 5.72. The molecule has 1 heterocycles. The number of rotatable bonds is 5. The Morgan fingerprint density at radius 1 is 1.32 bits per heavy atom. The summed E-state index contributed by atoms with van der Waals surface area (Å²) in [7, 11) is 2.99. The molecule has 0 bridgehead atoms. The van der Waals surface area contributed by atoms with Gasteiger partial charge in [0.15, 0.2) is 11.5 Å². The Morgan fingerprint density at radius 3 is 2.64 bits per heavy atom. The largest absolute Gasteiger partial charge is 0.493 e. The van der Waals surface area contributed by atoms with Crippen molar-refractivity contribution in [2.24, 2.45) is 0 Å². The van der Waals surface area contributed by atoms with Crippen molar-refractivity contribution in [3.8, 4) is 11.5 Å². The zero-order valence-corrected chi connectivity index (χ0v) is 13.7. The van der Waals surface area contributed by atoms with Gasteiger partial charge in [0.2, 0.25) is 0 Å². The van der Waals surface area contributed by atoms with Gasteiger partial charge < -0.3 is 9.47 Å². The monoisotopic (exact) mass is 339 g/mol. The predicted octanol–water partition coefficient (Wildman–Crippen LogP) is 3.58. The van der Waals surface area contributed by atoms with Gasteiger partial charge in [0.05, 0.1) is 24.1 Å². The molecule has 2 rings (SSSR count). The Morgan fingerprint density at radius 2 is 2.05 bits per heavy atom. The van der Waals surface area contributed by atoms with E-state index in [1.807, 2.05) is 0 Å². The molecule has 0 spiro atoms. The molecular weight excluding hydrogens is 326 g/mol. The van der Waals surface area contributed by atoms with E-state index in [4.69, 9.17) is 21.1 Å². The molecule has 0 atom stereocenters. The lowest BCUT2D eigenvalue weighted by molar-refractivity contribution is -0.122. The molecule has 0 aromatic heterocycles. The number of nitrogens with zero attached hydrogens (tertiary/aromatic N) is 1. The fourth-order valence-corrected chi connectivity index (χ4v) is 3.10. The second-order valence-electron chi connectivity index (χ2n) is 4.32. The number of hydrogen-bond donors (Lipinski definition) is 0. The summed E-state index contributed by atoms with van der Waals surface area (Å²) < 4.78 is 10.4. The van der Waals surface area contributed by atoms with E-state index < -0.39 is 0 Å². The number of thioether (sulfide) groups is 1. The van der Waals surface area contributed by atoms with E-state index in [1.54, 1.807) is 18.2 Å². The SMILES string of the molecule is C=CCN1C(=O)S/C(=C/c2cc(Cl)c(OC)c(OC)c2)C1=O. The van der Waals surface area contributed by atoms with Crippen molar-refractivity contribution in [2.75, 3.05) is 20.8 Å². The highest BCUT2D eigenvalue weighted by Gasteiger charge is 2.34. The maximum atomic E-state index is 12.2. The lowest BCUT2D eigenvalue weighted by Gasteiger charge is -2.10. The van der Waals surface area contributed by atoms with Crippen LogP contribution in [0.1, 0.15) is 5.56 Å². The molecule has 0 aliphatic carbocycles. The molecule has 1 aromatic carbocycles. The molecule has 1 saturated heterocycles. The number of amides is 2. The van der Waals surface area contributed by atoms with Crippen LogP contribution in [0.2, 0.25) is 5.02 Å². The number of carbonyl (C=O) groups excluding carboxylic acids is 2. The fourth-order valence-electron chi connectivity index (χ4n) is 1.96. The Bertz CT molecular complexity index is 672. The summed E-state index contributed by atoms with van der Waals surface area (Å²) in [6.45, 7) is 3.72. The van der Waals surface area contributed by atoms with Gasteiger partial charge in [-0.15, -0.1) is 6.58 Å². The highest BCUT2D eigenvalue weighted by molar-refractivity contribution is 8.18. The maximum absolute atomic E-state index is 12.2. The van der Waals surface area contributed by atoms with Crippen molar-refractivity contribution < 1.29 is 19.1 Å². The van der Waals surface area contributed by atoms with Crippen LogP contribution in [-0.4, -0.2) is 36.8 Å². The number of halogens is 1. The van der Waals surface area contributed by atoms with Crippen LogP contribution in [0.4, 0.5) is 4.79 Å². The summed E-state index contributed by atoms with van der Waals surface area (Å²) in [5.74, 6) is 0.522. The van der Waals surface area contributed by atoms with Gasteiger partial charge in [0.1, 0.15) is 0 Å². The Balaban J connectivity index is 2.38. The van der Waals surface area contributed by atoms with Crippen molar-refractivity contribution >= 4 is 40.6 Å². The number of hydrogen-bond acceptors (Lipinski definition) is 5. The number of imide groups is 1. The standard InChI is InChI=1S/C15H14ClNO4S/c1-4-5-17-14(18)12(22-15(17)19)8-9-6-10(16)13(21-3)11(7-9)20-2/h4,6-8H,1,5H2,2-3H3/b12-8+. The van der Waals surface area contributed by atoms with Crippen LogP contribution >= 0.6 is 23.4 Å². The molecule has 0 unspecified atom stereocenters. The van der Waals surface area contributed by atoms with Gasteiger partial charge in [-0.2, -0.15) is 0 Å². The molecule has 7 heteroatoms. The van der Waals surface area contributed by atoms with Crippen molar-refractivity contribution in [3.63, 3.8) is 0 Å². The zero-order chi connectivity index (χ0) is 16.3. The molecule has 2 amide bonds. The summed E-state index contributed by atoms with van der Waals surface area (Å²) in [6.07, 6.45) is 3.11. The van der Waals surface area contributed by atoms with E-state index in [0.717, 1.165) is 16.7 Å². The minimum absolute atomic E-state index is 0.189.